The molecule has 0 aliphatic carbocycles. The predicted molar refractivity (Wildman–Crippen MR) is 93.5 cm³/mol. The van der Waals surface area contributed by atoms with E-state index in [4.69, 9.17) is 0 Å². The zero-order valence-corrected chi connectivity index (χ0v) is 14.2. The number of likely N-dealkylation sites (tertiary alicyclic amines) is 1. The number of aliphatic imine (C=N–C) groups is 1. The van der Waals surface area contributed by atoms with Crippen LogP contribution >= 0.6 is 0 Å². The smallest absolute Gasteiger partial charge is 0.236 e. The third kappa shape index (κ3) is 3.41. The molecule has 0 unspecified atom stereocenters. The van der Waals surface area contributed by atoms with E-state index in [9.17, 15) is 4.79 Å². The molecule has 0 saturated carbocycles. The van der Waals surface area contributed by atoms with Gasteiger partial charge < -0.3 is 4.90 Å². The first-order valence-corrected chi connectivity index (χ1v) is 8.86. The maximum Gasteiger partial charge on any atom is 0.236 e. The Morgan fingerprint density at radius 1 is 1.22 bits per heavy atom. The Balaban J connectivity index is 1.74. The molecule has 2 aliphatic heterocycles. The molecule has 1 atom stereocenters. The number of piperidine rings is 1. The molecule has 4 heteroatoms. The number of rotatable bonds is 3. The van der Waals surface area contributed by atoms with Crippen molar-refractivity contribution in [1.82, 2.24) is 9.80 Å². The minimum atomic E-state index is -0.0665. The van der Waals surface area contributed by atoms with Crippen LogP contribution in [0.4, 0.5) is 0 Å². The van der Waals surface area contributed by atoms with Crippen molar-refractivity contribution in [3.63, 3.8) is 0 Å². The van der Waals surface area contributed by atoms with Gasteiger partial charge in [-0.25, -0.2) is 0 Å². The topological polar surface area (TPSA) is 35.9 Å². The largest absolute Gasteiger partial charge is 0.342 e. The normalized spacial score (nSPS) is 20.5. The second-order valence-corrected chi connectivity index (χ2v) is 6.71. The molecule has 0 spiro atoms. The number of carbonyl (C=O) groups is 1. The number of amides is 1. The van der Waals surface area contributed by atoms with Crippen molar-refractivity contribution in [2.24, 2.45) is 10.9 Å². The van der Waals surface area contributed by atoms with Gasteiger partial charge in [0.05, 0.1) is 12.5 Å². The van der Waals surface area contributed by atoms with Gasteiger partial charge in [0.2, 0.25) is 11.9 Å². The van der Waals surface area contributed by atoms with E-state index >= 15 is 0 Å². The van der Waals surface area contributed by atoms with Gasteiger partial charge in [-0.05, 0) is 30.7 Å². The average Bonchev–Trinajstić information content (AvgIpc) is 3.07. The van der Waals surface area contributed by atoms with E-state index in [0.717, 1.165) is 50.0 Å². The van der Waals surface area contributed by atoms with Gasteiger partial charge in [0, 0.05) is 19.6 Å². The highest BCUT2D eigenvalue weighted by atomic mass is 16.2. The summed E-state index contributed by atoms with van der Waals surface area (Å²) in [5, 5.41) is 0. The molecule has 3 rings (SSSR count). The third-order valence-electron chi connectivity index (χ3n) is 5.06. The second-order valence-electron chi connectivity index (χ2n) is 6.71. The van der Waals surface area contributed by atoms with Crippen molar-refractivity contribution in [2.75, 3.05) is 26.2 Å². The molecule has 0 aromatic heterocycles. The molecule has 0 radical (unpaired) electrons. The van der Waals surface area contributed by atoms with Gasteiger partial charge in [-0.3, -0.25) is 14.7 Å². The molecule has 2 heterocycles. The Bertz CT molecular complexity index is 561. The van der Waals surface area contributed by atoms with Crippen LogP contribution in [0.3, 0.4) is 0 Å². The molecule has 2 aliphatic rings. The summed E-state index contributed by atoms with van der Waals surface area (Å²) in [6.07, 6.45) is 3.21. The van der Waals surface area contributed by atoms with E-state index in [1.54, 1.807) is 0 Å². The maximum absolute atomic E-state index is 13.1. The molecule has 1 fully saturated rings. The van der Waals surface area contributed by atoms with Gasteiger partial charge in [-0.15, -0.1) is 0 Å². The van der Waals surface area contributed by atoms with Crippen LogP contribution in [0.2, 0.25) is 0 Å². The Hall–Kier alpha value is -1.84. The number of guanidine groups is 1. The Morgan fingerprint density at radius 3 is 2.57 bits per heavy atom. The Kier molecular flexibility index (Phi) is 4.99. The summed E-state index contributed by atoms with van der Waals surface area (Å²) < 4.78 is 0. The van der Waals surface area contributed by atoms with Crippen LogP contribution in [0.25, 0.3) is 0 Å². The van der Waals surface area contributed by atoms with Crippen LogP contribution in [0.1, 0.15) is 44.6 Å². The zero-order valence-electron chi connectivity index (χ0n) is 14.2. The molecule has 0 N–H and O–H groups in total. The number of hydrogen-bond acceptors (Lipinski definition) is 3. The molecule has 0 bridgehead atoms. The Labute approximate surface area is 139 Å². The molecule has 1 aromatic rings. The van der Waals surface area contributed by atoms with Crippen molar-refractivity contribution in [3.05, 3.63) is 35.9 Å². The first-order valence-electron chi connectivity index (χ1n) is 8.86. The fourth-order valence-corrected chi connectivity index (χ4v) is 3.55. The summed E-state index contributed by atoms with van der Waals surface area (Å²) in [6, 6.07) is 10.1. The molecule has 124 valence electrons. The van der Waals surface area contributed by atoms with Crippen LogP contribution in [-0.4, -0.2) is 47.8 Å². The van der Waals surface area contributed by atoms with Crippen LogP contribution in [-0.2, 0) is 4.79 Å². The SMILES string of the molecule is CC[C@@H](C(=O)N1CCN=C1N1CCC(C)CC1)c1ccccc1. The first kappa shape index (κ1) is 16.0. The highest BCUT2D eigenvalue weighted by Gasteiger charge is 2.33. The van der Waals surface area contributed by atoms with Crippen molar-refractivity contribution in [1.29, 1.82) is 0 Å². The number of nitrogens with zero attached hydrogens (tertiary/aromatic N) is 3. The van der Waals surface area contributed by atoms with Crippen LogP contribution in [0, 0.1) is 5.92 Å². The first-order chi connectivity index (χ1) is 11.2. The van der Waals surface area contributed by atoms with Crippen molar-refractivity contribution < 1.29 is 4.79 Å². The minimum Gasteiger partial charge on any atom is -0.342 e. The standard InChI is InChI=1S/C19H27N3O/c1-3-17(16-7-5-4-6-8-16)18(23)22-14-11-20-19(22)21-12-9-15(2)10-13-21/h4-8,15,17H,3,9-14H2,1-2H3/t17-/m1/s1. The van der Waals surface area contributed by atoms with E-state index in [-0.39, 0.29) is 11.8 Å². The monoisotopic (exact) mass is 313 g/mol. The average molecular weight is 313 g/mol. The summed E-state index contributed by atoms with van der Waals surface area (Å²) in [4.78, 5) is 22.0. The van der Waals surface area contributed by atoms with Gasteiger partial charge in [0.15, 0.2) is 0 Å². The lowest BCUT2D eigenvalue weighted by molar-refractivity contribution is -0.129. The molecular weight excluding hydrogens is 286 g/mol. The van der Waals surface area contributed by atoms with E-state index in [0.29, 0.717) is 0 Å². The molecular formula is C19H27N3O. The fourth-order valence-electron chi connectivity index (χ4n) is 3.55. The minimum absolute atomic E-state index is 0.0665. The second kappa shape index (κ2) is 7.16. The van der Waals surface area contributed by atoms with Crippen molar-refractivity contribution in [3.8, 4) is 0 Å². The molecule has 4 nitrogen and oxygen atoms in total. The van der Waals surface area contributed by atoms with E-state index in [1.165, 1.54) is 12.8 Å². The van der Waals surface area contributed by atoms with Gasteiger partial charge in [0.1, 0.15) is 0 Å². The number of hydrogen-bond donors (Lipinski definition) is 0. The van der Waals surface area contributed by atoms with Crippen molar-refractivity contribution in [2.45, 2.75) is 39.0 Å². The van der Waals surface area contributed by atoms with Gasteiger partial charge in [0.25, 0.3) is 0 Å². The van der Waals surface area contributed by atoms with Crippen molar-refractivity contribution >= 4 is 11.9 Å². The lowest BCUT2D eigenvalue weighted by atomic mass is 9.95. The molecule has 1 saturated heterocycles. The lowest BCUT2D eigenvalue weighted by Crippen LogP contribution is -2.49. The lowest BCUT2D eigenvalue weighted by Gasteiger charge is -2.35. The number of benzene rings is 1. The van der Waals surface area contributed by atoms with Gasteiger partial charge >= 0.3 is 0 Å². The van der Waals surface area contributed by atoms with E-state index < -0.39 is 0 Å². The van der Waals surface area contributed by atoms with E-state index in [2.05, 4.69) is 35.9 Å². The number of carbonyl (C=O) groups excluding carboxylic acids is 1. The van der Waals surface area contributed by atoms with Crippen LogP contribution in [0.15, 0.2) is 35.3 Å². The predicted octanol–water partition coefficient (Wildman–Crippen LogP) is 3.11. The summed E-state index contributed by atoms with van der Waals surface area (Å²) in [6.45, 7) is 7.89. The van der Waals surface area contributed by atoms with Crippen LogP contribution in [0.5, 0.6) is 0 Å². The quantitative estimate of drug-likeness (QED) is 0.859. The van der Waals surface area contributed by atoms with Gasteiger partial charge in [-0.2, -0.15) is 0 Å². The summed E-state index contributed by atoms with van der Waals surface area (Å²) in [5.74, 6) is 1.83. The highest BCUT2D eigenvalue weighted by Crippen LogP contribution is 2.25. The van der Waals surface area contributed by atoms with E-state index in [1.807, 2.05) is 23.1 Å². The summed E-state index contributed by atoms with van der Waals surface area (Å²) in [7, 11) is 0. The molecule has 1 amide bonds. The van der Waals surface area contributed by atoms with Crippen LogP contribution < -0.4 is 0 Å². The highest BCUT2D eigenvalue weighted by molar-refractivity contribution is 6.01. The molecule has 1 aromatic carbocycles. The zero-order chi connectivity index (χ0) is 16.2. The third-order valence-corrected chi connectivity index (χ3v) is 5.06. The molecule has 23 heavy (non-hydrogen) atoms. The Morgan fingerprint density at radius 2 is 1.91 bits per heavy atom. The van der Waals surface area contributed by atoms with Gasteiger partial charge in [-0.1, -0.05) is 44.2 Å². The maximum atomic E-state index is 13.1. The summed E-state index contributed by atoms with van der Waals surface area (Å²) >= 11 is 0. The fraction of sp³-hybridized carbons (Fsp3) is 0.579. The summed E-state index contributed by atoms with van der Waals surface area (Å²) in [5.41, 5.74) is 1.11.